The maximum Gasteiger partial charge on any atom is 0.206 e. The van der Waals surface area contributed by atoms with Crippen molar-refractivity contribution in [2.45, 2.75) is 12.8 Å². The lowest BCUT2D eigenvalue weighted by Crippen LogP contribution is -2.37. The smallest absolute Gasteiger partial charge is 0.206 e. The number of nitrogens with zero attached hydrogens (tertiary/aromatic N) is 3. The molecular formula is C24H20N4OS. The molecule has 0 saturated carbocycles. The molecule has 0 amide bonds. The standard InChI is InChI=1S/C24H20N4OS/c29-23-21(13-18-11-12-20-22(14-18)30-16-25-20)26-24(27-23)28(19-9-5-2-6-10-19)15-17-7-3-1-4-8-17/h1-14,16,23,29H,15H2,(H,26,27)/b21-13-. The fourth-order valence-electron chi connectivity index (χ4n) is 3.46. The van der Waals surface area contributed by atoms with Gasteiger partial charge in [-0.2, -0.15) is 0 Å². The van der Waals surface area contributed by atoms with E-state index in [1.807, 2.05) is 72.3 Å². The maximum absolute atomic E-state index is 10.6. The highest BCUT2D eigenvalue weighted by molar-refractivity contribution is 7.16. The summed E-state index contributed by atoms with van der Waals surface area (Å²) in [5.74, 6) is 0.627. The van der Waals surface area contributed by atoms with Crippen LogP contribution >= 0.6 is 11.3 Å². The van der Waals surface area contributed by atoms with Crippen LogP contribution in [0.1, 0.15) is 11.1 Å². The molecule has 0 fully saturated rings. The van der Waals surface area contributed by atoms with Crippen LogP contribution in [0.2, 0.25) is 0 Å². The Morgan fingerprint density at radius 2 is 1.77 bits per heavy atom. The van der Waals surface area contributed by atoms with Crippen molar-refractivity contribution >= 4 is 39.3 Å². The Labute approximate surface area is 178 Å². The number of thiazole rings is 1. The van der Waals surface area contributed by atoms with Crippen LogP contribution in [0, 0.1) is 0 Å². The largest absolute Gasteiger partial charge is 0.367 e. The first-order valence-corrected chi connectivity index (χ1v) is 10.6. The minimum absolute atomic E-state index is 0.627. The van der Waals surface area contributed by atoms with E-state index >= 15 is 0 Å². The number of guanidine groups is 1. The first kappa shape index (κ1) is 18.5. The zero-order valence-corrected chi connectivity index (χ0v) is 17.0. The first-order chi connectivity index (χ1) is 14.8. The zero-order valence-electron chi connectivity index (χ0n) is 16.1. The molecule has 1 aromatic heterocycles. The molecule has 0 aliphatic carbocycles. The first-order valence-electron chi connectivity index (χ1n) is 9.70. The molecular weight excluding hydrogens is 392 g/mol. The second-order valence-electron chi connectivity index (χ2n) is 7.04. The summed E-state index contributed by atoms with van der Waals surface area (Å²) < 4.78 is 1.12. The van der Waals surface area contributed by atoms with Gasteiger partial charge in [0.15, 0.2) is 6.23 Å². The summed E-state index contributed by atoms with van der Waals surface area (Å²) in [6.07, 6.45) is 1.01. The van der Waals surface area contributed by atoms with Gasteiger partial charge in [-0.15, -0.1) is 11.3 Å². The molecule has 1 aliphatic heterocycles. The fourth-order valence-corrected chi connectivity index (χ4v) is 4.19. The van der Waals surface area contributed by atoms with Gasteiger partial charge >= 0.3 is 0 Å². The van der Waals surface area contributed by atoms with Crippen molar-refractivity contribution in [3.05, 3.63) is 101 Å². The Balaban J connectivity index is 1.44. The molecule has 1 atom stereocenters. The SMILES string of the molecule is OC1N=C(N(Cc2ccccc2)c2ccccc2)N/C1=C\c1ccc2ncsc2c1. The number of anilines is 1. The third kappa shape index (κ3) is 3.83. The summed E-state index contributed by atoms with van der Waals surface area (Å²) in [5.41, 5.74) is 6.65. The molecule has 0 spiro atoms. The van der Waals surface area contributed by atoms with Gasteiger partial charge in [-0.3, -0.25) is 0 Å². The number of fused-ring (bicyclic) bond motifs is 1. The second-order valence-corrected chi connectivity index (χ2v) is 7.92. The molecule has 1 unspecified atom stereocenters. The Morgan fingerprint density at radius 1 is 1.00 bits per heavy atom. The molecule has 1 aliphatic rings. The topological polar surface area (TPSA) is 60.8 Å². The molecule has 4 aromatic rings. The van der Waals surface area contributed by atoms with Crippen LogP contribution in [0.4, 0.5) is 5.69 Å². The number of nitrogens with one attached hydrogen (secondary N) is 1. The molecule has 5 rings (SSSR count). The van der Waals surface area contributed by atoms with Crippen LogP contribution in [0.3, 0.4) is 0 Å². The fraction of sp³-hybridized carbons (Fsp3) is 0.0833. The monoisotopic (exact) mass is 412 g/mol. The van der Waals surface area contributed by atoms with Crippen LogP contribution < -0.4 is 10.2 Å². The van der Waals surface area contributed by atoms with Crippen LogP contribution in [0.25, 0.3) is 16.3 Å². The highest BCUT2D eigenvalue weighted by atomic mass is 32.1. The minimum atomic E-state index is -0.931. The van der Waals surface area contributed by atoms with Crippen LogP contribution in [-0.2, 0) is 6.54 Å². The van der Waals surface area contributed by atoms with Gasteiger partial charge < -0.3 is 15.3 Å². The third-order valence-corrected chi connectivity index (χ3v) is 5.76. The maximum atomic E-state index is 10.6. The predicted octanol–water partition coefficient (Wildman–Crippen LogP) is 4.62. The molecule has 2 N–H and O–H groups in total. The van der Waals surface area contributed by atoms with Gasteiger partial charge in [0.05, 0.1) is 28.0 Å². The van der Waals surface area contributed by atoms with Crippen molar-refractivity contribution in [2.75, 3.05) is 4.90 Å². The number of aromatic nitrogens is 1. The number of aliphatic hydroxyl groups excluding tert-OH is 1. The van der Waals surface area contributed by atoms with E-state index in [2.05, 4.69) is 38.4 Å². The van der Waals surface area contributed by atoms with E-state index in [1.165, 1.54) is 0 Å². The molecule has 0 saturated heterocycles. The highest BCUT2D eigenvalue weighted by Crippen LogP contribution is 2.24. The Morgan fingerprint density at radius 3 is 2.57 bits per heavy atom. The summed E-state index contributed by atoms with van der Waals surface area (Å²) in [7, 11) is 0. The van der Waals surface area contributed by atoms with E-state index in [9.17, 15) is 5.11 Å². The van der Waals surface area contributed by atoms with E-state index in [1.54, 1.807) is 11.3 Å². The van der Waals surface area contributed by atoms with Gasteiger partial charge in [-0.05, 0) is 41.5 Å². The lowest BCUT2D eigenvalue weighted by molar-refractivity contribution is 0.225. The third-order valence-electron chi connectivity index (χ3n) is 4.96. The molecule has 3 aromatic carbocycles. The van der Waals surface area contributed by atoms with E-state index < -0.39 is 6.23 Å². The number of para-hydroxylation sites is 1. The molecule has 2 heterocycles. The van der Waals surface area contributed by atoms with Gasteiger partial charge in [0.2, 0.25) is 5.96 Å². The summed E-state index contributed by atoms with van der Waals surface area (Å²) >= 11 is 1.60. The molecule has 0 bridgehead atoms. The summed E-state index contributed by atoms with van der Waals surface area (Å²) in [6.45, 7) is 0.642. The van der Waals surface area contributed by atoms with E-state index in [0.29, 0.717) is 18.2 Å². The van der Waals surface area contributed by atoms with Crippen molar-refractivity contribution in [3.8, 4) is 0 Å². The summed E-state index contributed by atoms with van der Waals surface area (Å²) in [6, 6.07) is 26.4. The van der Waals surface area contributed by atoms with Gasteiger partial charge in [0.25, 0.3) is 0 Å². The number of hydrogen-bond acceptors (Lipinski definition) is 6. The van der Waals surface area contributed by atoms with Gasteiger partial charge in [0.1, 0.15) is 0 Å². The van der Waals surface area contributed by atoms with E-state index in [0.717, 1.165) is 27.0 Å². The number of aliphatic hydroxyl groups is 1. The average molecular weight is 413 g/mol. The van der Waals surface area contributed by atoms with Crippen molar-refractivity contribution in [3.63, 3.8) is 0 Å². The lowest BCUT2D eigenvalue weighted by atomic mass is 10.2. The van der Waals surface area contributed by atoms with Crippen LogP contribution in [-0.4, -0.2) is 22.3 Å². The molecule has 0 radical (unpaired) electrons. The van der Waals surface area contributed by atoms with Crippen molar-refractivity contribution in [1.82, 2.24) is 10.3 Å². The molecule has 6 heteroatoms. The minimum Gasteiger partial charge on any atom is -0.367 e. The molecule has 148 valence electrons. The quantitative estimate of drug-likeness (QED) is 0.513. The number of rotatable bonds is 4. The lowest BCUT2D eigenvalue weighted by Gasteiger charge is -2.24. The summed E-state index contributed by atoms with van der Waals surface area (Å²) in [4.78, 5) is 10.9. The van der Waals surface area contributed by atoms with Gasteiger partial charge in [-0.1, -0.05) is 54.6 Å². The zero-order chi connectivity index (χ0) is 20.3. The Bertz CT molecular complexity index is 1220. The van der Waals surface area contributed by atoms with Crippen LogP contribution in [0.15, 0.2) is 95.1 Å². The summed E-state index contributed by atoms with van der Waals surface area (Å²) in [5, 5.41) is 13.9. The predicted molar refractivity (Wildman–Crippen MR) is 123 cm³/mol. The van der Waals surface area contributed by atoms with Crippen molar-refractivity contribution in [1.29, 1.82) is 0 Å². The van der Waals surface area contributed by atoms with Crippen molar-refractivity contribution in [2.24, 2.45) is 4.99 Å². The number of benzene rings is 3. The molecule has 5 nitrogen and oxygen atoms in total. The van der Waals surface area contributed by atoms with E-state index in [-0.39, 0.29) is 0 Å². The average Bonchev–Trinajstić information content (AvgIpc) is 3.39. The molecule has 30 heavy (non-hydrogen) atoms. The number of aliphatic imine (C=N–C) groups is 1. The highest BCUT2D eigenvalue weighted by Gasteiger charge is 2.25. The Hall–Kier alpha value is -3.48. The number of hydrogen-bond donors (Lipinski definition) is 2. The Kier molecular flexibility index (Phi) is 5.01. The van der Waals surface area contributed by atoms with Gasteiger partial charge in [-0.25, -0.2) is 9.98 Å². The normalized spacial score (nSPS) is 17.2. The van der Waals surface area contributed by atoms with Crippen molar-refractivity contribution < 1.29 is 5.11 Å². The van der Waals surface area contributed by atoms with Crippen LogP contribution in [0.5, 0.6) is 0 Å². The van der Waals surface area contributed by atoms with Gasteiger partial charge in [0, 0.05) is 5.69 Å². The second kappa shape index (κ2) is 8.10. The van der Waals surface area contributed by atoms with E-state index in [4.69, 9.17) is 0 Å².